The van der Waals surface area contributed by atoms with Crippen molar-refractivity contribution in [1.29, 1.82) is 10.5 Å². The van der Waals surface area contributed by atoms with Crippen molar-refractivity contribution in [1.82, 2.24) is 0 Å². The molecular formula is C21H16N2O2. The number of allylic oxidation sites excluding steroid dienone is 1. The van der Waals surface area contributed by atoms with Crippen molar-refractivity contribution in [3.8, 4) is 17.9 Å². The minimum absolute atomic E-state index is 0.188. The van der Waals surface area contributed by atoms with E-state index in [1.807, 2.05) is 36.4 Å². The number of rotatable bonds is 2. The second kappa shape index (κ2) is 6.43. The molecule has 1 heterocycles. The number of benzene rings is 2. The van der Waals surface area contributed by atoms with Crippen LogP contribution in [-0.4, -0.2) is 6.79 Å². The second-order valence-electron chi connectivity index (χ2n) is 6.24. The maximum absolute atomic E-state index is 9.45. The molecule has 1 atom stereocenters. The smallest absolute Gasteiger partial charge is 0.189 e. The Morgan fingerprint density at radius 2 is 1.92 bits per heavy atom. The summed E-state index contributed by atoms with van der Waals surface area (Å²) in [6, 6.07) is 18.3. The summed E-state index contributed by atoms with van der Waals surface area (Å²) in [5.74, 6) is -0.0424. The number of hydrogen-bond donors (Lipinski definition) is 0. The molecular weight excluding hydrogens is 312 g/mol. The van der Waals surface area contributed by atoms with Gasteiger partial charge in [-0.1, -0.05) is 48.0 Å². The van der Waals surface area contributed by atoms with E-state index in [1.54, 1.807) is 0 Å². The van der Waals surface area contributed by atoms with Crippen molar-refractivity contribution in [2.24, 2.45) is 5.92 Å². The Kier molecular flexibility index (Phi) is 3.98. The topological polar surface area (TPSA) is 66.0 Å². The molecule has 122 valence electrons. The lowest BCUT2D eigenvalue weighted by Crippen LogP contribution is -2.12. The number of nitrogens with zero attached hydrogens (tertiary/aromatic N) is 2. The Morgan fingerprint density at radius 1 is 1.08 bits per heavy atom. The molecule has 0 fully saturated rings. The Hall–Kier alpha value is -3.08. The standard InChI is InChI=1S/C21H16N2O2/c22-10-17(11-23)21-16(8-14-4-1-2-6-18(14)21)9-15-5-3-7-20-19(15)12-24-13-25-20/h1-7,9,17,21H,8,12-13H2/b16-9+. The van der Waals surface area contributed by atoms with E-state index in [4.69, 9.17) is 9.47 Å². The van der Waals surface area contributed by atoms with Gasteiger partial charge in [0.05, 0.1) is 18.7 Å². The first-order valence-corrected chi connectivity index (χ1v) is 8.21. The van der Waals surface area contributed by atoms with Crippen LogP contribution < -0.4 is 4.74 Å². The highest BCUT2D eigenvalue weighted by Gasteiger charge is 2.34. The van der Waals surface area contributed by atoms with Crippen LogP contribution in [0.5, 0.6) is 5.75 Å². The van der Waals surface area contributed by atoms with Gasteiger partial charge in [0.2, 0.25) is 0 Å². The fourth-order valence-electron chi connectivity index (χ4n) is 3.70. The molecule has 0 N–H and O–H groups in total. The van der Waals surface area contributed by atoms with Crippen molar-refractivity contribution in [2.45, 2.75) is 18.9 Å². The normalized spacial score (nSPS) is 19.6. The summed E-state index contributed by atoms with van der Waals surface area (Å²) in [4.78, 5) is 0. The molecule has 0 saturated carbocycles. The Labute approximate surface area is 146 Å². The van der Waals surface area contributed by atoms with Gasteiger partial charge in [-0.3, -0.25) is 0 Å². The summed E-state index contributed by atoms with van der Waals surface area (Å²) in [7, 11) is 0. The van der Waals surface area contributed by atoms with E-state index in [0.29, 0.717) is 6.61 Å². The van der Waals surface area contributed by atoms with E-state index in [9.17, 15) is 10.5 Å². The lowest BCUT2D eigenvalue weighted by atomic mass is 9.85. The largest absolute Gasteiger partial charge is 0.467 e. The highest BCUT2D eigenvalue weighted by Crippen LogP contribution is 2.43. The van der Waals surface area contributed by atoms with E-state index in [0.717, 1.165) is 34.4 Å². The molecule has 0 spiro atoms. The van der Waals surface area contributed by atoms with Gasteiger partial charge >= 0.3 is 0 Å². The molecule has 0 saturated heterocycles. The first kappa shape index (κ1) is 15.4. The quantitative estimate of drug-likeness (QED) is 0.837. The number of ether oxygens (including phenoxy) is 2. The molecule has 2 aromatic rings. The van der Waals surface area contributed by atoms with Crippen LogP contribution in [-0.2, 0) is 17.8 Å². The van der Waals surface area contributed by atoms with Crippen LogP contribution >= 0.6 is 0 Å². The molecule has 4 heteroatoms. The van der Waals surface area contributed by atoms with Gasteiger partial charge in [0.15, 0.2) is 6.79 Å². The zero-order chi connectivity index (χ0) is 17.2. The Balaban J connectivity index is 1.81. The van der Waals surface area contributed by atoms with Crippen LogP contribution in [0.1, 0.15) is 28.2 Å². The van der Waals surface area contributed by atoms with E-state index in [2.05, 4.69) is 24.3 Å². The maximum atomic E-state index is 9.45. The van der Waals surface area contributed by atoms with Gasteiger partial charge in [-0.05, 0) is 29.2 Å². The summed E-state index contributed by atoms with van der Waals surface area (Å²) in [5, 5.41) is 18.9. The van der Waals surface area contributed by atoms with E-state index >= 15 is 0 Å². The molecule has 0 bridgehead atoms. The third kappa shape index (κ3) is 2.67. The van der Waals surface area contributed by atoms with Crippen molar-refractivity contribution < 1.29 is 9.47 Å². The fourth-order valence-corrected chi connectivity index (χ4v) is 3.70. The molecule has 0 radical (unpaired) electrons. The third-order valence-electron chi connectivity index (χ3n) is 4.85. The molecule has 2 aromatic carbocycles. The zero-order valence-corrected chi connectivity index (χ0v) is 13.6. The fraction of sp³-hybridized carbons (Fsp3) is 0.238. The minimum atomic E-state index is -0.693. The molecule has 4 nitrogen and oxygen atoms in total. The Bertz CT molecular complexity index is 920. The van der Waals surface area contributed by atoms with Crippen LogP contribution in [0.15, 0.2) is 48.0 Å². The first-order chi connectivity index (χ1) is 12.3. The Morgan fingerprint density at radius 3 is 2.76 bits per heavy atom. The molecule has 1 unspecified atom stereocenters. The lowest BCUT2D eigenvalue weighted by molar-refractivity contribution is -0.0164. The number of fused-ring (bicyclic) bond motifs is 2. The third-order valence-corrected chi connectivity index (χ3v) is 4.85. The maximum Gasteiger partial charge on any atom is 0.189 e. The number of hydrogen-bond acceptors (Lipinski definition) is 4. The van der Waals surface area contributed by atoms with Crippen molar-refractivity contribution in [3.63, 3.8) is 0 Å². The molecule has 2 aliphatic rings. The summed E-state index contributed by atoms with van der Waals surface area (Å²) in [6.45, 7) is 0.777. The predicted molar refractivity (Wildman–Crippen MR) is 92.3 cm³/mol. The lowest BCUT2D eigenvalue weighted by Gasteiger charge is -2.20. The molecule has 0 aromatic heterocycles. The number of nitriles is 2. The zero-order valence-electron chi connectivity index (χ0n) is 13.6. The molecule has 1 aliphatic heterocycles. The van der Waals surface area contributed by atoms with Gasteiger partial charge < -0.3 is 9.47 Å². The van der Waals surface area contributed by atoms with Crippen LogP contribution in [0.3, 0.4) is 0 Å². The van der Waals surface area contributed by atoms with Gasteiger partial charge in [0.1, 0.15) is 11.7 Å². The highest BCUT2D eigenvalue weighted by atomic mass is 16.7. The molecule has 25 heavy (non-hydrogen) atoms. The second-order valence-corrected chi connectivity index (χ2v) is 6.24. The minimum Gasteiger partial charge on any atom is -0.467 e. The summed E-state index contributed by atoms with van der Waals surface area (Å²) in [5.41, 5.74) is 5.40. The summed E-state index contributed by atoms with van der Waals surface area (Å²) >= 11 is 0. The first-order valence-electron chi connectivity index (χ1n) is 8.21. The van der Waals surface area contributed by atoms with Crippen LogP contribution in [0, 0.1) is 28.6 Å². The van der Waals surface area contributed by atoms with Crippen molar-refractivity contribution in [3.05, 3.63) is 70.3 Å². The van der Waals surface area contributed by atoms with Gasteiger partial charge in [0, 0.05) is 11.5 Å². The van der Waals surface area contributed by atoms with E-state index in [1.165, 1.54) is 5.56 Å². The van der Waals surface area contributed by atoms with Crippen LogP contribution in [0.25, 0.3) is 6.08 Å². The van der Waals surface area contributed by atoms with Gasteiger partial charge in [-0.15, -0.1) is 0 Å². The molecule has 1 aliphatic carbocycles. The van der Waals surface area contributed by atoms with Crippen LogP contribution in [0.4, 0.5) is 0 Å². The van der Waals surface area contributed by atoms with Crippen molar-refractivity contribution >= 4 is 6.08 Å². The molecule has 4 rings (SSSR count). The highest BCUT2D eigenvalue weighted by molar-refractivity contribution is 5.65. The van der Waals surface area contributed by atoms with Gasteiger partial charge in [-0.2, -0.15) is 10.5 Å². The van der Waals surface area contributed by atoms with E-state index in [-0.39, 0.29) is 12.7 Å². The van der Waals surface area contributed by atoms with Crippen LogP contribution in [0.2, 0.25) is 0 Å². The van der Waals surface area contributed by atoms with Gasteiger partial charge in [-0.25, -0.2) is 0 Å². The van der Waals surface area contributed by atoms with Gasteiger partial charge in [0.25, 0.3) is 0 Å². The summed E-state index contributed by atoms with van der Waals surface area (Å²) in [6.07, 6.45) is 2.86. The molecule has 0 amide bonds. The average Bonchev–Trinajstić information content (AvgIpc) is 3.01. The average molecular weight is 328 g/mol. The summed E-state index contributed by atoms with van der Waals surface area (Å²) < 4.78 is 11.0. The SMILES string of the molecule is N#CC(C#N)C1/C(=C/c2cccc3c2COCO3)Cc2ccccc21. The predicted octanol–water partition coefficient (Wildman–Crippen LogP) is 3.94. The van der Waals surface area contributed by atoms with Crippen molar-refractivity contribution in [2.75, 3.05) is 6.79 Å². The van der Waals surface area contributed by atoms with E-state index < -0.39 is 5.92 Å². The monoisotopic (exact) mass is 328 g/mol.